The average molecular weight is 248 g/mol. The summed E-state index contributed by atoms with van der Waals surface area (Å²) in [5.74, 6) is 0.994. The van der Waals surface area contributed by atoms with Crippen molar-refractivity contribution in [3.8, 4) is 0 Å². The van der Waals surface area contributed by atoms with Crippen molar-refractivity contribution >= 4 is 11.8 Å². The van der Waals surface area contributed by atoms with Crippen molar-refractivity contribution in [1.29, 1.82) is 0 Å². The first-order chi connectivity index (χ1) is 8.68. The van der Waals surface area contributed by atoms with Gasteiger partial charge < -0.3 is 4.90 Å². The van der Waals surface area contributed by atoms with Crippen LogP contribution in [0.4, 0.5) is 10.6 Å². The van der Waals surface area contributed by atoms with E-state index >= 15 is 0 Å². The predicted octanol–water partition coefficient (Wildman–Crippen LogP) is 2.52. The molecule has 1 fully saturated rings. The first kappa shape index (κ1) is 12.8. The van der Waals surface area contributed by atoms with Crippen molar-refractivity contribution in [3.05, 3.63) is 18.3 Å². The van der Waals surface area contributed by atoms with Crippen LogP contribution in [-0.2, 0) is 0 Å². The molecule has 1 aliphatic rings. The standard InChI is InChI=1S/C13H20N4O/c1-10(2)11-6-3-4-9-17(11)13(18)15-12-7-5-8-14-16-12/h5,7-8,10-11H,3-4,6,9H2,1-2H3,(H,15,16,18)/t11-/m0/s1. The molecule has 0 aliphatic carbocycles. The van der Waals surface area contributed by atoms with Gasteiger partial charge in [-0.25, -0.2) is 4.79 Å². The van der Waals surface area contributed by atoms with Crippen LogP contribution in [0.3, 0.4) is 0 Å². The molecule has 0 aromatic carbocycles. The maximum Gasteiger partial charge on any atom is 0.323 e. The Hall–Kier alpha value is -1.65. The molecule has 5 heteroatoms. The number of likely N-dealkylation sites (tertiary alicyclic amines) is 1. The molecule has 0 saturated carbocycles. The third kappa shape index (κ3) is 2.97. The minimum absolute atomic E-state index is 0.0612. The van der Waals surface area contributed by atoms with Gasteiger partial charge in [0.05, 0.1) is 0 Å². The van der Waals surface area contributed by atoms with Crippen LogP contribution >= 0.6 is 0 Å². The average Bonchev–Trinajstić information content (AvgIpc) is 2.40. The highest BCUT2D eigenvalue weighted by Crippen LogP contribution is 2.23. The third-order valence-electron chi connectivity index (χ3n) is 3.39. The summed E-state index contributed by atoms with van der Waals surface area (Å²) >= 11 is 0. The van der Waals surface area contributed by atoms with Gasteiger partial charge in [0, 0.05) is 18.8 Å². The zero-order valence-corrected chi connectivity index (χ0v) is 11.0. The van der Waals surface area contributed by atoms with Crippen LogP contribution in [0.15, 0.2) is 18.3 Å². The Labute approximate surface area is 108 Å². The van der Waals surface area contributed by atoms with E-state index in [0.29, 0.717) is 17.8 Å². The van der Waals surface area contributed by atoms with E-state index in [1.807, 2.05) is 4.90 Å². The van der Waals surface area contributed by atoms with Crippen molar-refractivity contribution in [2.75, 3.05) is 11.9 Å². The number of rotatable bonds is 2. The molecule has 98 valence electrons. The van der Waals surface area contributed by atoms with E-state index in [2.05, 4.69) is 29.4 Å². The summed E-state index contributed by atoms with van der Waals surface area (Å²) in [4.78, 5) is 14.2. The van der Waals surface area contributed by atoms with Crippen LogP contribution in [0.5, 0.6) is 0 Å². The molecule has 1 N–H and O–H groups in total. The first-order valence-corrected chi connectivity index (χ1v) is 6.54. The molecule has 1 atom stereocenters. The van der Waals surface area contributed by atoms with Crippen LogP contribution in [0.2, 0.25) is 0 Å². The number of nitrogens with zero attached hydrogens (tertiary/aromatic N) is 3. The van der Waals surface area contributed by atoms with E-state index in [9.17, 15) is 4.79 Å². The zero-order chi connectivity index (χ0) is 13.0. The van der Waals surface area contributed by atoms with Gasteiger partial charge in [-0.15, -0.1) is 5.10 Å². The molecule has 18 heavy (non-hydrogen) atoms. The molecule has 5 nitrogen and oxygen atoms in total. The number of nitrogens with one attached hydrogen (secondary N) is 1. The number of hydrogen-bond acceptors (Lipinski definition) is 3. The maximum atomic E-state index is 12.2. The van der Waals surface area contributed by atoms with Crippen molar-refractivity contribution < 1.29 is 4.79 Å². The predicted molar refractivity (Wildman–Crippen MR) is 70.2 cm³/mol. The quantitative estimate of drug-likeness (QED) is 0.875. The van der Waals surface area contributed by atoms with Gasteiger partial charge in [0.2, 0.25) is 0 Å². The number of anilines is 1. The van der Waals surface area contributed by atoms with Gasteiger partial charge in [0.15, 0.2) is 5.82 Å². The molecule has 2 rings (SSSR count). The molecule has 1 aromatic heterocycles. The summed E-state index contributed by atoms with van der Waals surface area (Å²) in [7, 11) is 0. The van der Waals surface area contributed by atoms with Crippen LogP contribution in [-0.4, -0.2) is 33.7 Å². The maximum absolute atomic E-state index is 12.2. The lowest BCUT2D eigenvalue weighted by Gasteiger charge is -2.38. The molecule has 1 aromatic rings. The molecule has 0 bridgehead atoms. The van der Waals surface area contributed by atoms with Crippen LogP contribution in [0, 0.1) is 5.92 Å². The first-order valence-electron chi connectivity index (χ1n) is 6.54. The summed E-state index contributed by atoms with van der Waals surface area (Å²) in [5, 5.41) is 10.4. The summed E-state index contributed by atoms with van der Waals surface area (Å²) < 4.78 is 0. The number of carbonyl (C=O) groups excluding carboxylic acids is 1. The fraction of sp³-hybridized carbons (Fsp3) is 0.615. The van der Waals surface area contributed by atoms with Crippen molar-refractivity contribution in [2.45, 2.75) is 39.2 Å². The Bertz CT molecular complexity index is 393. The SMILES string of the molecule is CC(C)[C@@H]1CCCCN1C(=O)Nc1cccnn1. The van der Waals surface area contributed by atoms with Crippen molar-refractivity contribution in [3.63, 3.8) is 0 Å². The second-order valence-corrected chi connectivity index (χ2v) is 5.04. The lowest BCUT2D eigenvalue weighted by Crippen LogP contribution is -2.48. The Morgan fingerprint density at radius 2 is 2.33 bits per heavy atom. The fourth-order valence-electron chi connectivity index (χ4n) is 2.45. The van der Waals surface area contributed by atoms with E-state index in [1.165, 1.54) is 6.42 Å². The molecule has 2 amide bonds. The molecule has 0 unspecified atom stereocenters. The largest absolute Gasteiger partial charge is 0.323 e. The highest BCUT2D eigenvalue weighted by atomic mass is 16.2. The topological polar surface area (TPSA) is 58.1 Å². The Balaban J connectivity index is 2.02. The normalized spacial score (nSPS) is 19.9. The molecular weight excluding hydrogens is 228 g/mol. The Kier molecular flexibility index (Phi) is 4.12. The smallest absolute Gasteiger partial charge is 0.321 e. The van der Waals surface area contributed by atoms with E-state index in [-0.39, 0.29) is 6.03 Å². The van der Waals surface area contributed by atoms with Gasteiger partial charge in [-0.05, 0) is 37.3 Å². The Morgan fingerprint density at radius 1 is 1.50 bits per heavy atom. The molecule has 1 saturated heterocycles. The minimum atomic E-state index is -0.0612. The molecular formula is C13H20N4O. The minimum Gasteiger partial charge on any atom is -0.321 e. The highest BCUT2D eigenvalue weighted by molar-refractivity contribution is 5.88. The monoisotopic (exact) mass is 248 g/mol. The number of amides is 2. The number of urea groups is 1. The van der Waals surface area contributed by atoms with Crippen molar-refractivity contribution in [2.24, 2.45) is 5.92 Å². The lowest BCUT2D eigenvalue weighted by atomic mass is 9.93. The molecule has 0 radical (unpaired) electrons. The van der Waals surface area contributed by atoms with Crippen LogP contribution in [0.25, 0.3) is 0 Å². The number of aromatic nitrogens is 2. The second-order valence-electron chi connectivity index (χ2n) is 5.04. The molecule has 0 spiro atoms. The number of hydrogen-bond donors (Lipinski definition) is 1. The van der Waals surface area contributed by atoms with Gasteiger partial charge in [0.1, 0.15) is 0 Å². The number of carbonyl (C=O) groups is 1. The highest BCUT2D eigenvalue weighted by Gasteiger charge is 2.28. The lowest BCUT2D eigenvalue weighted by molar-refractivity contribution is 0.137. The molecule has 2 heterocycles. The van der Waals surface area contributed by atoms with E-state index in [0.717, 1.165) is 19.4 Å². The second kappa shape index (κ2) is 5.80. The van der Waals surface area contributed by atoms with Gasteiger partial charge in [-0.1, -0.05) is 13.8 Å². The van der Waals surface area contributed by atoms with Gasteiger partial charge >= 0.3 is 6.03 Å². The molecule has 1 aliphatic heterocycles. The van der Waals surface area contributed by atoms with Crippen LogP contribution in [0.1, 0.15) is 33.1 Å². The van der Waals surface area contributed by atoms with E-state index in [4.69, 9.17) is 0 Å². The summed E-state index contributed by atoms with van der Waals surface area (Å²) in [6.45, 7) is 5.16. The summed E-state index contributed by atoms with van der Waals surface area (Å²) in [6.07, 6.45) is 4.97. The zero-order valence-electron chi connectivity index (χ0n) is 11.0. The summed E-state index contributed by atoms with van der Waals surface area (Å²) in [6, 6.07) is 3.78. The number of piperidine rings is 1. The summed E-state index contributed by atoms with van der Waals surface area (Å²) in [5.41, 5.74) is 0. The van der Waals surface area contributed by atoms with Gasteiger partial charge in [0.25, 0.3) is 0 Å². The van der Waals surface area contributed by atoms with Crippen LogP contribution < -0.4 is 5.32 Å². The fourth-order valence-corrected chi connectivity index (χ4v) is 2.45. The van der Waals surface area contributed by atoms with Gasteiger partial charge in [-0.2, -0.15) is 5.10 Å². The third-order valence-corrected chi connectivity index (χ3v) is 3.39. The van der Waals surface area contributed by atoms with E-state index < -0.39 is 0 Å². The van der Waals surface area contributed by atoms with Crippen molar-refractivity contribution in [1.82, 2.24) is 15.1 Å². The Morgan fingerprint density at radius 3 is 3.00 bits per heavy atom. The van der Waals surface area contributed by atoms with E-state index in [1.54, 1.807) is 18.3 Å². The van der Waals surface area contributed by atoms with Gasteiger partial charge in [-0.3, -0.25) is 5.32 Å².